The molecule has 0 radical (unpaired) electrons. The number of nitrogens with zero attached hydrogens (tertiary/aromatic N) is 2. The molecule has 0 aliphatic heterocycles. The lowest BCUT2D eigenvalue weighted by Crippen LogP contribution is -2.14. The molecule has 7 heteroatoms. The Morgan fingerprint density at radius 3 is 2.50 bits per heavy atom. The topological polar surface area (TPSA) is 62.6 Å². The maximum absolute atomic E-state index is 13.4. The predicted molar refractivity (Wildman–Crippen MR) is 92.3 cm³/mol. The van der Waals surface area contributed by atoms with E-state index >= 15 is 0 Å². The number of halogens is 1. The molecule has 1 heterocycles. The van der Waals surface area contributed by atoms with Crippen LogP contribution < -0.4 is 9.47 Å². The zero-order chi connectivity index (χ0) is 18.4. The average Bonchev–Trinajstić information content (AvgIpc) is 3.12. The van der Waals surface area contributed by atoms with Crippen LogP contribution in [0.15, 0.2) is 60.8 Å². The van der Waals surface area contributed by atoms with E-state index in [0.29, 0.717) is 5.75 Å². The van der Waals surface area contributed by atoms with Gasteiger partial charge in [0, 0.05) is 0 Å². The van der Waals surface area contributed by atoms with Gasteiger partial charge in [-0.2, -0.15) is 5.10 Å². The quantitative estimate of drug-likeness (QED) is 0.480. The second-order valence-corrected chi connectivity index (χ2v) is 5.24. The molecule has 26 heavy (non-hydrogen) atoms. The van der Waals surface area contributed by atoms with E-state index in [1.165, 1.54) is 23.9 Å². The summed E-state index contributed by atoms with van der Waals surface area (Å²) in [6, 6.07) is 15.3. The van der Waals surface area contributed by atoms with Crippen LogP contribution in [-0.4, -0.2) is 36.1 Å². The Morgan fingerprint density at radius 1 is 1.04 bits per heavy atom. The molecule has 0 aliphatic rings. The van der Waals surface area contributed by atoms with Gasteiger partial charge in [0.15, 0.2) is 17.3 Å². The summed E-state index contributed by atoms with van der Waals surface area (Å²) < 4.78 is 30.6. The van der Waals surface area contributed by atoms with E-state index in [-0.39, 0.29) is 24.7 Å². The van der Waals surface area contributed by atoms with Gasteiger partial charge in [-0.15, -0.1) is 0 Å². The molecule has 1 aromatic heterocycles. The molecule has 0 bridgehead atoms. The highest BCUT2D eigenvalue weighted by molar-refractivity contribution is 5.90. The summed E-state index contributed by atoms with van der Waals surface area (Å²) in [6.07, 6.45) is 1.60. The largest absolute Gasteiger partial charge is 0.493 e. The van der Waals surface area contributed by atoms with Crippen molar-refractivity contribution in [2.24, 2.45) is 0 Å². The summed E-state index contributed by atoms with van der Waals surface area (Å²) in [6.45, 7) is -0.0249. The van der Waals surface area contributed by atoms with Gasteiger partial charge >= 0.3 is 5.97 Å². The summed E-state index contributed by atoms with van der Waals surface area (Å²) in [5, 5.41) is 4.22. The van der Waals surface area contributed by atoms with E-state index < -0.39 is 11.8 Å². The number of methoxy groups -OCH3 is 1. The third-order valence-corrected chi connectivity index (χ3v) is 3.53. The fourth-order valence-electron chi connectivity index (χ4n) is 2.28. The molecule has 6 nitrogen and oxygen atoms in total. The Kier molecular flexibility index (Phi) is 5.48. The number of aromatic nitrogens is 2. The van der Waals surface area contributed by atoms with E-state index in [4.69, 9.17) is 14.2 Å². The number of carbonyl (C=O) groups excluding carboxylic acids is 1. The molecule has 3 rings (SSSR count). The second kappa shape index (κ2) is 8.15. The highest BCUT2D eigenvalue weighted by atomic mass is 19.1. The van der Waals surface area contributed by atoms with Gasteiger partial charge < -0.3 is 14.2 Å². The standard InChI is InChI=1S/C19H17FN2O4/c1-24-17-13-22(14-7-3-2-4-8-14)21-18(17)19(23)26-12-11-25-16-10-6-5-9-15(16)20/h2-10,13H,11-12H2,1H3. The average molecular weight is 356 g/mol. The van der Waals surface area contributed by atoms with Crippen LogP contribution in [0.1, 0.15) is 10.5 Å². The zero-order valence-electron chi connectivity index (χ0n) is 14.1. The van der Waals surface area contributed by atoms with Gasteiger partial charge in [-0.3, -0.25) is 0 Å². The maximum atomic E-state index is 13.4. The molecule has 2 aromatic carbocycles. The SMILES string of the molecule is COc1cn(-c2ccccc2)nc1C(=O)OCCOc1ccccc1F. The molecule has 0 atom stereocenters. The number of hydrogen-bond donors (Lipinski definition) is 0. The molecule has 0 saturated carbocycles. The van der Waals surface area contributed by atoms with Gasteiger partial charge in [0.1, 0.15) is 13.2 Å². The van der Waals surface area contributed by atoms with E-state index in [1.54, 1.807) is 18.3 Å². The first-order valence-corrected chi connectivity index (χ1v) is 7.92. The van der Waals surface area contributed by atoms with Crippen molar-refractivity contribution in [2.75, 3.05) is 20.3 Å². The zero-order valence-corrected chi connectivity index (χ0v) is 14.1. The first-order valence-electron chi connectivity index (χ1n) is 7.92. The Hall–Kier alpha value is -3.35. The van der Waals surface area contributed by atoms with Gasteiger partial charge in [0.2, 0.25) is 5.69 Å². The fourth-order valence-corrected chi connectivity index (χ4v) is 2.28. The van der Waals surface area contributed by atoms with Crippen LogP contribution >= 0.6 is 0 Å². The molecule has 134 valence electrons. The summed E-state index contributed by atoms with van der Waals surface area (Å²) in [5.41, 5.74) is 0.843. The molecule has 3 aromatic rings. The van der Waals surface area contributed by atoms with Gasteiger partial charge in [0.05, 0.1) is 19.0 Å². The molecular weight excluding hydrogens is 339 g/mol. The van der Waals surface area contributed by atoms with Crippen LogP contribution in [0.2, 0.25) is 0 Å². The van der Waals surface area contributed by atoms with Crippen molar-refractivity contribution in [1.29, 1.82) is 0 Å². The maximum Gasteiger partial charge on any atom is 0.362 e. The van der Waals surface area contributed by atoms with E-state index in [0.717, 1.165) is 5.69 Å². The Balaban J connectivity index is 1.61. The highest BCUT2D eigenvalue weighted by Gasteiger charge is 2.19. The molecule has 0 saturated heterocycles. The first kappa shape index (κ1) is 17.5. The van der Waals surface area contributed by atoms with Crippen molar-refractivity contribution in [3.63, 3.8) is 0 Å². The van der Waals surface area contributed by atoms with Gasteiger partial charge in [-0.05, 0) is 24.3 Å². The lowest BCUT2D eigenvalue weighted by atomic mass is 10.3. The third-order valence-electron chi connectivity index (χ3n) is 3.53. The molecular formula is C19H17FN2O4. The Bertz CT molecular complexity index is 880. The number of hydrogen-bond acceptors (Lipinski definition) is 5. The van der Waals surface area contributed by atoms with E-state index in [2.05, 4.69) is 5.10 Å². The van der Waals surface area contributed by atoms with E-state index in [9.17, 15) is 9.18 Å². The van der Waals surface area contributed by atoms with Crippen LogP contribution in [0.3, 0.4) is 0 Å². The van der Waals surface area contributed by atoms with Crippen LogP contribution in [0, 0.1) is 5.82 Å². The number of benzene rings is 2. The van der Waals surface area contributed by atoms with Crippen molar-refractivity contribution < 1.29 is 23.4 Å². The minimum atomic E-state index is -0.645. The van der Waals surface area contributed by atoms with Gasteiger partial charge in [-0.25, -0.2) is 13.9 Å². The van der Waals surface area contributed by atoms with Crippen LogP contribution in [-0.2, 0) is 4.74 Å². The summed E-state index contributed by atoms with van der Waals surface area (Å²) in [7, 11) is 1.45. The van der Waals surface area contributed by atoms with Gasteiger partial charge in [-0.1, -0.05) is 30.3 Å². The van der Waals surface area contributed by atoms with Crippen molar-refractivity contribution >= 4 is 5.97 Å². The van der Waals surface area contributed by atoms with Crippen molar-refractivity contribution in [2.45, 2.75) is 0 Å². The monoisotopic (exact) mass is 356 g/mol. The van der Waals surface area contributed by atoms with Crippen LogP contribution in [0.25, 0.3) is 5.69 Å². The Morgan fingerprint density at radius 2 is 1.77 bits per heavy atom. The minimum Gasteiger partial charge on any atom is -0.493 e. The molecule has 0 fully saturated rings. The molecule has 0 spiro atoms. The van der Waals surface area contributed by atoms with Crippen molar-refractivity contribution in [3.05, 3.63) is 72.3 Å². The Labute approximate surface area is 149 Å². The number of ether oxygens (including phenoxy) is 3. The van der Waals surface area contributed by atoms with Gasteiger partial charge in [0.25, 0.3) is 0 Å². The summed E-state index contributed by atoms with van der Waals surface area (Å²) in [4.78, 5) is 12.2. The number of esters is 1. The fraction of sp³-hybridized carbons (Fsp3) is 0.158. The molecule has 0 unspecified atom stereocenters. The second-order valence-electron chi connectivity index (χ2n) is 5.24. The third kappa shape index (κ3) is 4.00. The summed E-state index contributed by atoms with van der Waals surface area (Å²) in [5.74, 6) is -0.709. The lowest BCUT2D eigenvalue weighted by Gasteiger charge is -2.07. The predicted octanol–water partition coefficient (Wildman–Crippen LogP) is 3.26. The summed E-state index contributed by atoms with van der Waals surface area (Å²) >= 11 is 0. The first-order chi connectivity index (χ1) is 12.7. The highest BCUT2D eigenvalue weighted by Crippen LogP contribution is 2.20. The van der Waals surface area contributed by atoms with E-state index in [1.807, 2.05) is 30.3 Å². The lowest BCUT2D eigenvalue weighted by molar-refractivity contribution is 0.0437. The van der Waals surface area contributed by atoms with Crippen LogP contribution in [0.4, 0.5) is 4.39 Å². The normalized spacial score (nSPS) is 10.4. The molecule has 0 amide bonds. The van der Waals surface area contributed by atoms with Crippen LogP contribution in [0.5, 0.6) is 11.5 Å². The number of rotatable bonds is 7. The number of carbonyl (C=O) groups is 1. The minimum absolute atomic E-state index is 0.0222. The molecule has 0 N–H and O–H groups in total. The molecule has 0 aliphatic carbocycles. The van der Waals surface area contributed by atoms with Crippen molar-refractivity contribution in [3.8, 4) is 17.2 Å². The van der Waals surface area contributed by atoms with Crippen molar-refractivity contribution in [1.82, 2.24) is 9.78 Å². The number of para-hydroxylation sites is 2. The smallest absolute Gasteiger partial charge is 0.362 e.